The van der Waals surface area contributed by atoms with Crippen LogP contribution in [0.1, 0.15) is 24.1 Å². The van der Waals surface area contributed by atoms with Crippen LogP contribution in [0.4, 0.5) is 10.3 Å². The van der Waals surface area contributed by atoms with Crippen LogP contribution in [0.3, 0.4) is 0 Å². The van der Waals surface area contributed by atoms with E-state index in [1.807, 2.05) is 59.2 Å². The molecule has 1 aliphatic rings. The number of nitrogens with zero attached hydrogens (tertiary/aromatic N) is 3. The van der Waals surface area contributed by atoms with Crippen LogP contribution >= 0.6 is 0 Å². The summed E-state index contributed by atoms with van der Waals surface area (Å²) in [5, 5.41) is 0. The van der Waals surface area contributed by atoms with Gasteiger partial charge in [0, 0.05) is 12.1 Å². The van der Waals surface area contributed by atoms with Crippen LogP contribution in [-0.4, -0.2) is 34.6 Å². The molecule has 2 atom stereocenters. The van der Waals surface area contributed by atoms with E-state index >= 15 is 4.39 Å². The fourth-order valence-electron chi connectivity index (χ4n) is 4.64. The lowest BCUT2D eigenvalue weighted by Gasteiger charge is -2.38. The van der Waals surface area contributed by atoms with E-state index in [0.29, 0.717) is 24.4 Å². The number of amides is 1. The van der Waals surface area contributed by atoms with Crippen LogP contribution < -0.4 is 4.90 Å². The van der Waals surface area contributed by atoms with Crippen molar-refractivity contribution in [3.8, 4) is 0 Å². The number of carbonyl (C=O) groups excluding carboxylic acids is 2. The Balaban J connectivity index is 1.70. The van der Waals surface area contributed by atoms with Crippen molar-refractivity contribution in [2.45, 2.75) is 19.4 Å². The third kappa shape index (κ3) is 3.73. The Labute approximate surface area is 196 Å². The number of hydrogen-bond acceptors (Lipinski definition) is 4. The Bertz CT molecular complexity index is 1350. The maximum absolute atomic E-state index is 15.1. The monoisotopic (exact) mass is 457 g/mol. The van der Waals surface area contributed by atoms with Crippen molar-refractivity contribution in [2.24, 2.45) is 5.92 Å². The number of ether oxygens (including phenoxy) is 1. The van der Waals surface area contributed by atoms with E-state index in [0.717, 1.165) is 11.1 Å². The number of aromatic nitrogens is 2. The first kappa shape index (κ1) is 21.8. The van der Waals surface area contributed by atoms with Crippen LogP contribution in [0.2, 0.25) is 0 Å². The van der Waals surface area contributed by atoms with Gasteiger partial charge in [0.25, 0.3) is 0 Å². The summed E-state index contributed by atoms with van der Waals surface area (Å²) in [5.41, 5.74) is 2.70. The number of carbonyl (C=O) groups is 2. The summed E-state index contributed by atoms with van der Waals surface area (Å²) in [6.45, 7) is 2.13. The highest BCUT2D eigenvalue weighted by atomic mass is 19.1. The molecule has 0 unspecified atom stereocenters. The van der Waals surface area contributed by atoms with E-state index < -0.39 is 29.7 Å². The normalized spacial score (nSPS) is 17.6. The third-order valence-electron chi connectivity index (χ3n) is 6.18. The Kier molecular flexibility index (Phi) is 5.84. The quantitative estimate of drug-likeness (QED) is 0.315. The second-order valence-electron chi connectivity index (χ2n) is 8.19. The summed E-state index contributed by atoms with van der Waals surface area (Å²) in [5.74, 6) is -2.44. The molecular formula is C27H24FN3O3. The number of para-hydroxylation sites is 2. The molecule has 0 radical (unpaired) electrons. The standard InChI is InChI=1S/C27H24FN3O3/c1-2-34-26(33)23-24(19-12-6-7-13-20(19)28)31-22-15-9-8-14-21(22)29-27(31)30(25(23)32)17-16-18-10-4-3-5-11-18/h3-15,23-24H,2,16-17H2,1H3/t23-,24+/m0/s1. The van der Waals surface area contributed by atoms with Crippen LogP contribution in [0.25, 0.3) is 11.0 Å². The highest BCUT2D eigenvalue weighted by Gasteiger charge is 2.48. The summed E-state index contributed by atoms with van der Waals surface area (Å²) in [4.78, 5) is 33.3. The molecule has 0 saturated heterocycles. The van der Waals surface area contributed by atoms with Crippen molar-refractivity contribution in [3.05, 3.63) is 95.8 Å². The molecule has 1 aromatic heterocycles. The zero-order valence-corrected chi connectivity index (χ0v) is 18.7. The van der Waals surface area contributed by atoms with Crippen molar-refractivity contribution in [1.82, 2.24) is 9.55 Å². The SMILES string of the molecule is CCOC(=O)[C@@H]1C(=O)N(CCc2ccccc2)c2nc3ccccc3n2[C@@H]1c1ccccc1F. The van der Waals surface area contributed by atoms with E-state index in [1.54, 1.807) is 25.1 Å². The Morgan fingerprint density at radius 2 is 1.71 bits per heavy atom. The van der Waals surface area contributed by atoms with Gasteiger partial charge in [-0.05, 0) is 37.1 Å². The molecule has 3 aromatic carbocycles. The van der Waals surface area contributed by atoms with E-state index in [4.69, 9.17) is 9.72 Å². The minimum absolute atomic E-state index is 0.119. The molecule has 1 amide bonds. The van der Waals surface area contributed by atoms with Gasteiger partial charge in [0.1, 0.15) is 5.82 Å². The number of fused-ring (bicyclic) bond motifs is 3. The fraction of sp³-hybridized carbons (Fsp3) is 0.222. The maximum atomic E-state index is 15.1. The summed E-state index contributed by atoms with van der Waals surface area (Å²) >= 11 is 0. The summed E-state index contributed by atoms with van der Waals surface area (Å²) in [6, 6.07) is 22.5. The van der Waals surface area contributed by atoms with Crippen molar-refractivity contribution in [1.29, 1.82) is 0 Å². The van der Waals surface area contributed by atoms with Crippen molar-refractivity contribution in [2.75, 3.05) is 18.1 Å². The van der Waals surface area contributed by atoms with Crippen LogP contribution in [0.5, 0.6) is 0 Å². The molecule has 7 heteroatoms. The molecule has 0 N–H and O–H groups in total. The predicted molar refractivity (Wildman–Crippen MR) is 127 cm³/mol. The largest absolute Gasteiger partial charge is 0.465 e. The maximum Gasteiger partial charge on any atom is 0.321 e. The highest BCUT2D eigenvalue weighted by Crippen LogP contribution is 2.42. The van der Waals surface area contributed by atoms with Crippen LogP contribution in [0, 0.1) is 11.7 Å². The van der Waals surface area contributed by atoms with Gasteiger partial charge < -0.3 is 9.30 Å². The van der Waals surface area contributed by atoms with Gasteiger partial charge in [-0.25, -0.2) is 9.37 Å². The second-order valence-corrected chi connectivity index (χ2v) is 8.19. The molecule has 5 rings (SSSR count). The zero-order chi connectivity index (χ0) is 23.7. The van der Waals surface area contributed by atoms with Crippen LogP contribution in [0.15, 0.2) is 78.9 Å². The third-order valence-corrected chi connectivity index (χ3v) is 6.18. The van der Waals surface area contributed by atoms with Gasteiger partial charge in [-0.1, -0.05) is 60.7 Å². The average molecular weight is 458 g/mol. The number of hydrogen-bond donors (Lipinski definition) is 0. The molecular weight excluding hydrogens is 433 g/mol. The number of halogens is 1. The highest BCUT2D eigenvalue weighted by molar-refractivity contribution is 6.08. The molecule has 4 aromatic rings. The van der Waals surface area contributed by atoms with Crippen molar-refractivity contribution in [3.63, 3.8) is 0 Å². The molecule has 172 valence electrons. The molecule has 2 heterocycles. The number of benzene rings is 3. The molecule has 0 fully saturated rings. The van der Waals surface area contributed by atoms with Gasteiger partial charge in [0.2, 0.25) is 11.9 Å². The van der Waals surface area contributed by atoms with Gasteiger partial charge in [-0.15, -0.1) is 0 Å². The van der Waals surface area contributed by atoms with E-state index in [2.05, 4.69) is 0 Å². The minimum Gasteiger partial charge on any atom is -0.465 e. The molecule has 0 saturated carbocycles. The lowest BCUT2D eigenvalue weighted by molar-refractivity contribution is -0.153. The average Bonchev–Trinajstić information content (AvgIpc) is 3.23. The molecule has 1 aliphatic heterocycles. The first-order chi connectivity index (χ1) is 16.6. The first-order valence-corrected chi connectivity index (χ1v) is 11.3. The number of esters is 1. The smallest absolute Gasteiger partial charge is 0.321 e. The van der Waals surface area contributed by atoms with Crippen molar-refractivity contribution < 1.29 is 18.7 Å². The van der Waals surface area contributed by atoms with Gasteiger partial charge in [-0.2, -0.15) is 0 Å². The molecule has 0 spiro atoms. The second kappa shape index (κ2) is 9.09. The van der Waals surface area contributed by atoms with Gasteiger partial charge in [-0.3, -0.25) is 14.5 Å². The fourth-order valence-corrected chi connectivity index (χ4v) is 4.64. The van der Waals surface area contributed by atoms with E-state index in [9.17, 15) is 9.59 Å². The van der Waals surface area contributed by atoms with Gasteiger partial charge >= 0.3 is 5.97 Å². The number of anilines is 1. The molecule has 0 bridgehead atoms. The lowest BCUT2D eigenvalue weighted by atomic mass is 9.89. The Morgan fingerprint density at radius 3 is 2.47 bits per heavy atom. The van der Waals surface area contributed by atoms with Crippen LogP contribution in [-0.2, 0) is 20.7 Å². The lowest BCUT2D eigenvalue weighted by Crippen LogP contribution is -2.51. The van der Waals surface area contributed by atoms with E-state index in [-0.39, 0.29) is 12.2 Å². The summed E-state index contributed by atoms with van der Waals surface area (Å²) in [7, 11) is 0. The first-order valence-electron chi connectivity index (χ1n) is 11.3. The zero-order valence-electron chi connectivity index (χ0n) is 18.7. The van der Waals surface area contributed by atoms with Gasteiger partial charge in [0.05, 0.1) is 23.7 Å². The Morgan fingerprint density at radius 1 is 1.00 bits per heavy atom. The van der Waals surface area contributed by atoms with E-state index in [1.165, 1.54) is 11.0 Å². The molecule has 34 heavy (non-hydrogen) atoms. The van der Waals surface area contributed by atoms with Gasteiger partial charge in [0.15, 0.2) is 5.92 Å². The topological polar surface area (TPSA) is 64.4 Å². The Hall–Kier alpha value is -4.00. The molecule has 0 aliphatic carbocycles. The summed E-state index contributed by atoms with van der Waals surface area (Å²) < 4.78 is 22.2. The van der Waals surface area contributed by atoms with Crippen molar-refractivity contribution >= 4 is 28.9 Å². The minimum atomic E-state index is -1.24. The summed E-state index contributed by atoms with van der Waals surface area (Å²) in [6.07, 6.45) is 0.579. The molecule has 6 nitrogen and oxygen atoms in total. The number of imidazole rings is 1. The number of rotatable bonds is 6. The predicted octanol–water partition coefficient (Wildman–Crippen LogP) is 4.53.